The van der Waals surface area contributed by atoms with E-state index in [1.807, 2.05) is 0 Å². The van der Waals surface area contributed by atoms with Gasteiger partial charge in [-0.3, -0.25) is 9.59 Å². The normalized spacial score (nSPS) is 18.1. The van der Waals surface area contributed by atoms with Gasteiger partial charge < -0.3 is 19.2 Å². The Morgan fingerprint density at radius 2 is 1.93 bits per heavy atom. The van der Waals surface area contributed by atoms with Crippen LogP contribution in [0.4, 0.5) is 4.39 Å². The number of ketones is 1. The number of amides is 1. The van der Waals surface area contributed by atoms with E-state index in [0.29, 0.717) is 11.5 Å². The summed E-state index contributed by atoms with van der Waals surface area (Å²) >= 11 is 0. The summed E-state index contributed by atoms with van der Waals surface area (Å²) < 4.78 is 25.2. The van der Waals surface area contributed by atoms with Crippen LogP contribution in [-0.4, -0.2) is 28.8 Å². The van der Waals surface area contributed by atoms with E-state index < -0.39 is 29.3 Å². The lowest BCUT2D eigenvalue weighted by Gasteiger charge is -2.24. The van der Waals surface area contributed by atoms with E-state index in [9.17, 15) is 19.1 Å². The highest BCUT2D eigenvalue weighted by molar-refractivity contribution is 6.46. The molecular formula is C23H18FNO5. The van der Waals surface area contributed by atoms with E-state index in [0.717, 1.165) is 0 Å². The standard InChI is InChI=1S/C23H18FNO5/c1-29-15-7-4-6-14(12-15)21(26)19-20(17-9-2-3-10-18(17)24)25(23(28)22(19)27)13-16-8-5-11-30-16/h2-12,20,26H,13H2,1H3/b21-19+. The lowest BCUT2D eigenvalue weighted by atomic mass is 9.95. The minimum absolute atomic E-state index is 0.0501. The van der Waals surface area contributed by atoms with Crippen molar-refractivity contribution in [3.8, 4) is 5.75 Å². The number of halogens is 1. The van der Waals surface area contributed by atoms with Crippen LogP contribution >= 0.6 is 0 Å². The number of methoxy groups -OCH3 is 1. The number of aliphatic hydroxyl groups is 1. The van der Waals surface area contributed by atoms with Crippen LogP contribution in [0.25, 0.3) is 5.76 Å². The van der Waals surface area contributed by atoms with Crippen molar-refractivity contribution in [2.24, 2.45) is 0 Å². The monoisotopic (exact) mass is 407 g/mol. The average Bonchev–Trinajstić information content (AvgIpc) is 3.36. The van der Waals surface area contributed by atoms with Gasteiger partial charge >= 0.3 is 0 Å². The van der Waals surface area contributed by atoms with Crippen molar-refractivity contribution in [2.75, 3.05) is 7.11 Å². The van der Waals surface area contributed by atoms with E-state index in [4.69, 9.17) is 9.15 Å². The van der Waals surface area contributed by atoms with Crippen molar-refractivity contribution in [2.45, 2.75) is 12.6 Å². The molecule has 0 radical (unpaired) electrons. The summed E-state index contributed by atoms with van der Waals surface area (Å²) in [6, 6.07) is 14.5. The second-order valence-electron chi connectivity index (χ2n) is 6.76. The van der Waals surface area contributed by atoms with Crippen LogP contribution in [0, 0.1) is 5.82 Å². The molecule has 1 fully saturated rings. The summed E-state index contributed by atoms with van der Waals surface area (Å²) in [6.07, 6.45) is 1.44. The Morgan fingerprint density at radius 3 is 2.63 bits per heavy atom. The number of ether oxygens (including phenoxy) is 1. The maximum absolute atomic E-state index is 14.7. The Morgan fingerprint density at radius 1 is 1.13 bits per heavy atom. The minimum Gasteiger partial charge on any atom is -0.507 e. The number of carbonyl (C=O) groups excluding carboxylic acids is 2. The van der Waals surface area contributed by atoms with Crippen molar-refractivity contribution in [1.82, 2.24) is 4.90 Å². The molecule has 1 N–H and O–H groups in total. The van der Waals surface area contributed by atoms with E-state index >= 15 is 0 Å². The molecule has 1 amide bonds. The Labute approximate surface area is 171 Å². The first-order valence-corrected chi connectivity index (χ1v) is 9.21. The molecule has 30 heavy (non-hydrogen) atoms. The number of hydrogen-bond donors (Lipinski definition) is 1. The zero-order chi connectivity index (χ0) is 21.3. The number of rotatable bonds is 5. The van der Waals surface area contributed by atoms with Gasteiger partial charge in [-0.2, -0.15) is 0 Å². The Hall–Kier alpha value is -3.87. The fourth-order valence-corrected chi connectivity index (χ4v) is 3.56. The van der Waals surface area contributed by atoms with E-state index in [2.05, 4.69) is 0 Å². The van der Waals surface area contributed by atoms with Crippen LogP contribution in [0.3, 0.4) is 0 Å². The molecule has 3 aromatic rings. The molecule has 1 aromatic heterocycles. The van der Waals surface area contributed by atoms with Gasteiger partial charge in [-0.1, -0.05) is 30.3 Å². The first kappa shape index (κ1) is 19.4. The number of Topliss-reactive ketones (excluding diaryl/α,β-unsaturated/α-hetero) is 1. The van der Waals surface area contributed by atoms with Gasteiger partial charge in [0.2, 0.25) is 0 Å². The number of aliphatic hydroxyl groups excluding tert-OH is 1. The van der Waals surface area contributed by atoms with Gasteiger partial charge in [0.05, 0.1) is 31.5 Å². The zero-order valence-electron chi connectivity index (χ0n) is 16.0. The molecule has 1 aliphatic rings. The summed E-state index contributed by atoms with van der Waals surface area (Å²) in [7, 11) is 1.47. The third-order valence-electron chi connectivity index (χ3n) is 4.99. The van der Waals surface area contributed by atoms with Gasteiger partial charge in [0.15, 0.2) is 0 Å². The van der Waals surface area contributed by atoms with Gasteiger partial charge in [-0.25, -0.2) is 4.39 Å². The van der Waals surface area contributed by atoms with Gasteiger partial charge in [0, 0.05) is 11.1 Å². The summed E-state index contributed by atoms with van der Waals surface area (Å²) in [4.78, 5) is 27.0. The predicted molar refractivity (Wildman–Crippen MR) is 106 cm³/mol. The third-order valence-corrected chi connectivity index (χ3v) is 4.99. The number of likely N-dealkylation sites (tertiary alicyclic amines) is 1. The molecule has 1 atom stereocenters. The first-order valence-electron chi connectivity index (χ1n) is 9.21. The Kier molecular flexibility index (Phi) is 5.10. The fourth-order valence-electron chi connectivity index (χ4n) is 3.56. The van der Waals surface area contributed by atoms with Crippen LogP contribution < -0.4 is 4.74 Å². The second-order valence-corrected chi connectivity index (χ2v) is 6.76. The molecule has 152 valence electrons. The molecule has 7 heteroatoms. The molecule has 0 saturated carbocycles. The number of nitrogens with zero attached hydrogens (tertiary/aromatic N) is 1. The minimum atomic E-state index is -1.11. The number of hydrogen-bond acceptors (Lipinski definition) is 5. The van der Waals surface area contributed by atoms with Crippen LogP contribution in [0.2, 0.25) is 0 Å². The summed E-state index contributed by atoms with van der Waals surface area (Å²) in [5, 5.41) is 11.0. The van der Waals surface area contributed by atoms with Crippen molar-refractivity contribution in [3.05, 3.63) is 95.2 Å². The maximum atomic E-state index is 14.7. The second kappa shape index (κ2) is 7.87. The predicted octanol–water partition coefficient (Wildman–Crippen LogP) is 4.05. The van der Waals surface area contributed by atoms with Crippen LogP contribution in [0.15, 0.2) is 76.9 Å². The highest BCUT2D eigenvalue weighted by Gasteiger charge is 2.47. The van der Waals surface area contributed by atoms with Gasteiger partial charge in [0.1, 0.15) is 23.1 Å². The molecule has 1 aliphatic heterocycles. The number of furan rings is 1. The molecule has 6 nitrogen and oxygen atoms in total. The topological polar surface area (TPSA) is 80.0 Å². The van der Waals surface area contributed by atoms with E-state index in [1.165, 1.54) is 42.5 Å². The number of benzene rings is 2. The molecule has 4 rings (SSSR count). The molecule has 0 spiro atoms. The van der Waals surface area contributed by atoms with E-state index in [1.54, 1.807) is 36.4 Å². The van der Waals surface area contributed by atoms with Gasteiger partial charge in [-0.15, -0.1) is 0 Å². The molecule has 2 aromatic carbocycles. The van der Waals surface area contributed by atoms with Gasteiger partial charge in [0.25, 0.3) is 11.7 Å². The van der Waals surface area contributed by atoms with Crippen molar-refractivity contribution < 1.29 is 28.2 Å². The lowest BCUT2D eigenvalue weighted by molar-refractivity contribution is -0.140. The van der Waals surface area contributed by atoms with Crippen LogP contribution in [-0.2, 0) is 16.1 Å². The molecule has 1 saturated heterocycles. The fraction of sp³-hybridized carbons (Fsp3) is 0.130. The quantitative estimate of drug-likeness (QED) is 0.392. The first-order chi connectivity index (χ1) is 14.5. The highest BCUT2D eigenvalue weighted by atomic mass is 19.1. The molecule has 0 aliphatic carbocycles. The van der Waals surface area contributed by atoms with Crippen LogP contribution in [0.1, 0.15) is 22.9 Å². The lowest BCUT2D eigenvalue weighted by Crippen LogP contribution is -2.29. The van der Waals surface area contributed by atoms with E-state index in [-0.39, 0.29) is 23.2 Å². The Balaban J connectivity index is 1.89. The molecule has 1 unspecified atom stereocenters. The summed E-state index contributed by atoms with van der Waals surface area (Å²) in [5.74, 6) is -1.84. The van der Waals surface area contributed by atoms with Crippen molar-refractivity contribution >= 4 is 17.4 Å². The molecule has 0 bridgehead atoms. The molecular weight excluding hydrogens is 389 g/mol. The zero-order valence-corrected chi connectivity index (χ0v) is 16.0. The number of carbonyl (C=O) groups is 2. The largest absolute Gasteiger partial charge is 0.507 e. The third kappa shape index (κ3) is 3.34. The SMILES string of the molecule is COc1cccc(/C(O)=C2\C(=O)C(=O)N(Cc3ccco3)C2c2ccccc2F)c1. The summed E-state index contributed by atoms with van der Waals surface area (Å²) in [6.45, 7) is -0.0501. The molecule has 2 heterocycles. The van der Waals surface area contributed by atoms with Crippen LogP contribution in [0.5, 0.6) is 5.75 Å². The summed E-state index contributed by atoms with van der Waals surface area (Å²) in [5.41, 5.74) is 0.198. The smallest absolute Gasteiger partial charge is 0.296 e. The Bertz CT molecular complexity index is 1140. The maximum Gasteiger partial charge on any atom is 0.296 e. The average molecular weight is 407 g/mol. The van der Waals surface area contributed by atoms with Gasteiger partial charge in [-0.05, 0) is 30.3 Å². The van der Waals surface area contributed by atoms with Crippen molar-refractivity contribution in [3.63, 3.8) is 0 Å². The van der Waals surface area contributed by atoms with Crippen molar-refractivity contribution in [1.29, 1.82) is 0 Å². The highest BCUT2D eigenvalue weighted by Crippen LogP contribution is 2.41.